The Morgan fingerprint density at radius 3 is 2.78 bits per heavy atom. The van der Waals surface area contributed by atoms with Crippen molar-refractivity contribution in [3.63, 3.8) is 0 Å². The van der Waals surface area contributed by atoms with E-state index >= 15 is 0 Å². The van der Waals surface area contributed by atoms with Crippen molar-refractivity contribution in [3.8, 4) is 0 Å². The smallest absolute Gasteiger partial charge is 0.280 e. The zero-order valence-corrected chi connectivity index (χ0v) is 12.3. The molecule has 4 nitrogen and oxygen atoms in total. The molecule has 1 heterocycles. The Kier molecular flexibility index (Phi) is 4.02. The summed E-state index contributed by atoms with van der Waals surface area (Å²) in [6, 6.07) is 0.364. The van der Waals surface area contributed by atoms with Crippen LogP contribution in [0.4, 0.5) is 0 Å². The van der Waals surface area contributed by atoms with Crippen LogP contribution >= 0.6 is 10.7 Å². The highest BCUT2D eigenvalue weighted by Gasteiger charge is 2.25. The van der Waals surface area contributed by atoms with Gasteiger partial charge in [0.2, 0.25) is 0 Å². The molecule has 0 saturated heterocycles. The van der Waals surface area contributed by atoms with E-state index < -0.39 is 9.05 Å². The second kappa shape index (κ2) is 5.21. The molecule has 2 atom stereocenters. The molecule has 0 aromatic carbocycles. The van der Waals surface area contributed by atoms with Crippen molar-refractivity contribution in [1.29, 1.82) is 0 Å². The Labute approximate surface area is 113 Å². The van der Waals surface area contributed by atoms with Crippen LogP contribution in [0.5, 0.6) is 0 Å². The number of halogens is 1. The predicted molar refractivity (Wildman–Crippen MR) is 71.3 cm³/mol. The fraction of sp³-hybridized carbons (Fsp3) is 0.750. The topological polar surface area (TPSA) is 52.0 Å². The number of aromatic nitrogens is 2. The van der Waals surface area contributed by atoms with Gasteiger partial charge in [0.15, 0.2) is 5.03 Å². The SMILES string of the molecule is CCC1CCCC(n2cc(S(=O)(=O)Cl)nc2C)C1. The zero-order valence-electron chi connectivity index (χ0n) is 10.8. The Morgan fingerprint density at radius 2 is 2.22 bits per heavy atom. The molecule has 0 radical (unpaired) electrons. The van der Waals surface area contributed by atoms with Crippen LogP contribution in [0.25, 0.3) is 0 Å². The van der Waals surface area contributed by atoms with E-state index in [2.05, 4.69) is 11.9 Å². The van der Waals surface area contributed by atoms with E-state index in [0.29, 0.717) is 6.04 Å². The van der Waals surface area contributed by atoms with Crippen LogP contribution in [0.15, 0.2) is 11.2 Å². The Bertz CT molecular complexity index is 524. The van der Waals surface area contributed by atoms with Crippen LogP contribution in [-0.4, -0.2) is 18.0 Å². The van der Waals surface area contributed by atoms with Crippen LogP contribution in [0, 0.1) is 12.8 Å². The van der Waals surface area contributed by atoms with Gasteiger partial charge in [-0.05, 0) is 25.7 Å². The lowest BCUT2D eigenvalue weighted by atomic mass is 9.84. The van der Waals surface area contributed by atoms with Gasteiger partial charge in [0.05, 0.1) is 0 Å². The molecule has 0 N–H and O–H groups in total. The highest BCUT2D eigenvalue weighted by Crippen LogP contribution is 2.35. The van der Waals surface area contributed by atoms with E-state index in [-0.39, 0.29) is 5.03 Å². The minimum absolute atomic E-state index is 0.0275. The molecule has 102 valence electrons. The second-order valence-corrected chi connectivity index (χ2v) is 7.58. The van der Waals surface area contributed by atoms with Gasteiger partial charge in [-0.25, -0.2) is 13.4 Å². The van der Waals surface area contributed by atoms with E-state index in [1.54, 1.807) is 6.20 Å². The molecule has 0 amide bonds. The minimum atomic E-state index is -3.72. The first-order chi connectivity index (χ1) is 8.41. The van der Waals surface area contributed by atoms with E-state index in [9.17, 15) is 8.42 Å². The average Bonchev–Trinajstić information content (AvgIpc) is 2.71. The van der Waals surface area contributed by atoms with Gasteiger partial charge in [-0.15, -0.1) is 0 Å². The molecule has 2 rings (SSSR count). The van der Waals surface area contributed by atoms with Gasteiger partial charge in [-0.2, -0.15) is 0 Å². The average molecular weight is 291 g/mol. The number of nitrogens with zero attached hydrogens (tertiary/aromatic N) is 2. The molecule has 1 aromatic rings. The van der Waals surface area contributed by atoms with Gasteiger partial charge in [0.25, 0.3) is 9.05 Å². The van der Waals surface area contributed by atoms with Crippen molar-refractivity contribution in [2.24, 2.45) is 5.92 Å². The lowest BCUT2D eigenvalue weighted by Gasteiger charge is -2.30. The summed E-state index contributed by atoms with van der Waals surface area (Å²) < 4.78 is 24.6. The predicted octanol–water partition coefficient (Wildman–Crippen LogP) is 3.26. The van der Waals surface area contributed by atoms with E-state index in [1.807, 2.05) is 11.5 Å². The fourth-order valence-corrected chi connectivity index (χ4v) is 3.54. The lowest BCUT2D eigenvalue weighted by molar-refractivity contribution is 0.258. The summed E-state index contributed by atoms with van der Waals surface area (Å²) in [6.45, 7) is 4.05. The molecule has 2 unspecified atom stereocenters. The summed E-state index contributed by atoms with van der Waals surface area (Å²) in [5, 5.41) is -0.0275. The quantitative estimate of drug-likeness (QED) is 0.803. The maximum absolute atomic E-state index is 11.3. The molecule has 1 aliphatic rings. The largest absolute Gasteiger partial charge is 0.331 e. The van der Waals surface area contributed by atoms with Gasteiger partial charge in [-0.3, -0.25) is 0 Å². The zero-order chi connectivity index (χ0) is 13.3. The summed E-state index contributed by atoms with van der Waals surface area (Å²) in [6.07, 6.45) is 7.45. The fourth-order valence-electron chi connectivity index (χ4n) is 2.83. The summed E-state index contributed by atoms with van der Waals surface area (Å²) in [5.74, 6) is 1.47. The Morgan fingerprint density at radius 1 is 1.50 bits per heavy atom. The monoisotopic (exact) mass is 290 g/mol. The molecular weight excluding hydrogens is 272 g/mol. The van der Waals surface area contributed by atoms with Crippen molar-refractivity contribution in [1.82, 2.24) is 9.55 Å². The summed E-state index contributed by atoms with van der Waals surface area (Å²) in [7, 11) is 1.61. The van der Waals surface area contributed by atoms with Crippen molar-refractivity contribution in [3.05, 3.63) is 12.0 Å². The molecule has 1 aromatic heterocycles. The molecule has 1 fully saturated rings. The van der Waals surface area contributed by atoms with Crippen molar-refractivity contribution < 1.29 is 8.42 Å². The van der Waals surface area contributed by atoms with Crippen molar-refractivity contribution in [2.45, 2.75) is 57.0 Å². The van der Waals surface area contributed by atoms with E-state index in [4.69, 9.17) is 10.7 Å². The third-order valence-corrected chi connectivity index (χ3v) is 5.04. The normalized spacial score (nSPS) is 25.3. The lowest BCUT2D eigenvalue weighted by Crippen LogP contribution is -2.19. The van der Waals surface area contributed by atoms with Crippen LogP contribution in [0.3, 0.4) is 0 Å². The van der Waals surface area contributed by atoms with Gasteiger partial charge in [0.1, 0.15) is 5.82 Å². The molecule has 0 bridgehead atoms. The molecular formula is C12H19ClN2O2S. The van der Waals surface area contributed by atoms with Gasteiger partial charge in [-0.1, -0.05) is 26.2 Å². The first kappa shape index (κ1) is 13.9. The molecule has 1 saturated carbocycles. The molecule has 0 aliphatic heterocycles. The third kappa shape index (κ3) is 2.88. The van der Waals surface area contributed by atoms with Crippen molar-refractivity contribution >= 4 is 19.7 Å². The highest BCUT2D eigenvalue weighted by atomic mass is 35.7. The summed E-state index contributed by atoms with van der Waals surface area (Å²) in [4.78, 5) is 4.05. The number of aryl methyl sites for hydroxylation is 1. The molecule has 6 heteroatoms. The minimum Gasteiger partial charge on any atom is -0.331 e. The Hall–Kier alpha value is -0.550. The van der Waals surface area contributed by atoms with Gasteiger partial charge < -0.3 is 4.57 Å². The van der Waals surface area contributed by atoms with E-state index in [1.165, 1.54) is 19.3 Å². The van der Waals surface area contributed by atoms with Crippen LogP contribution in [-0.2, 0) is 9.05 Å². The first-order valence-corrected chi connectivity index (χ1v) is 8.73. The Balaban J connectivity index is 2.25. The number of imidazole rings is 1. The maximum atomic E-state index is 11.3. The summed E-state index contributed by atoms with van der Waals surface area (Å²) >= 11 is 0. The van der Waals surface area contributed by atoms with Crippen LogP contribution < -0.4 is 0 Å². The number of rotatable bonds is 3. The molecule has 0 spiro atoms. The summed E-state index contributed by atoms with van der Waals surface area (Å²) in [5.41, 5.74) is 0. The van der Waals surface area contributed by atoms with E-state index in [0.717, 1.165) is 24.6 Å². The second-order valence-electron chi connectivity index (χ2n) is 5.07. The first-order valence-electron chi connectivity index (χ1n) is 6.42. The van der Waals surface area contributed by atoms with Gasteiger partial charge >= 0.3 is 0 Å². The molecule has 18 heavy (non-hydrogen) atoms. The third-order valence-electron chi connectivity index (χ3n) is 3.87. The van der Waals surface area contributed by atoms with Crippen LogP contribution in [0.2, 0.25) is 0 Å². The van der Waals surface area contributed by atoms with Crippen LogP contribution in [0.1, 0.15) is 50.9 Å². The van der Waals surface area contributed by atoms with Crippen molar-refractivity contribution in [2.75, 3.05) is 0 Å². The number of hydrogen-bond donors (Lipinski definition) is 0. The van der Waals surface area contributed by atoms with Gasteiger partial charge in [0, 0.05) is 22.9 Å². The standard InChI is InChI=1S/C12H19ClN2O2S/c1-3-10-5-4-6-11(7-10)15-8-12(14-9(15)2)18(13,16)17/h8,10-11H,3-7H2,1-2H3. The number of hydrogen-bond acceptors (Lipinski definition) is 3. The highest BCUT2D eigenvalue weighted by molar-refractivity contribution is 8.13. The molecule has 1 aliphatic carbocycles. The maximum Gasteiger partial charge on any atom is 0.280 e.